The summed E-state index contributed by atoms with van der Waals surface area (Å²) in [5.74, 6) is 1.31. The predicted octanol–water partition coefficient (Wildman–Crippen LogP) is 2.74. The van der Waals surface area contributed by atoms with Crippen molar-refractivity contribution < 1.29 is 4.79 Å². The van der Waals surface area contributed by atoms with Crippen molar-refractivity contribution in [3.8, 4) is 0 Å². The Bertz CT molecular complexity index is 284. The molecule has 2 unspecified atom stereocenters. The molecule has 0 bridgehead atoms. The van der Waals surface area contributed by atoms with Crippen molar-refractivity contribution in [3.05, 3.63) is 10.6 Å². The van der Waals surface area contributed by atoms with Crippen LogP contribution in [0.25, 0.3) is 0 Å². The van der Waals surface area contributed by atoms with Crippen LogP contribution in [0.2, 0.25) is 0 Å². The molecular formula is C10H13ClO. The Labute approximate surface area is 77.8 Å². The minimum absolute atomic E-state index is 0.275. The minimum atomic E-state index is 0.275. The van der Waals surface area contributed by atoms with E-state index >= 15 is 0 Å². The van der Waals surface area contributed by atoms with E-state index in [2.05, 4.69) is 13.8 Å². The Balaban J connectivity index is 2.37. The van der Waals surface area contributed by atoms with E-state index in [9.17, 15) is 4.79 Å². The molecule has 2 fully saturated rings. The summed E-state index contributed by atoms with van der Waals surface area (Å²) in [4.78, 5) is 11.4. The van der Waals surface area contributed by atoms with E-state index in [1.807, 2.05) is 6.92 Å². The number of carbonyl (C=O) groups is 1. The summed E-state index contributed by atoms with van der Waals surface area (Å²) in [6, 6.07) is 0. The van der Waals surface area contributed by atoms with Gasteiger partial charge in [-0.2, -0.15) is 0 Å². The molecular weight excluding hydrogens is 172 g/mol. The molecule has 12 heavy (non-hydrogen) atoms. The van der Waals surface area contributed by atoms with Crippen molar-refractivity contribution in [2.75, 3.05) is 0 Å². The molecule has 0 aliphatic heterocycles. The highest BCUT2D eigenvalue weighted by molar-refractivity contribution is 6.32. The van der Waals surface area contributed by atoms with Crippen LogP contribution >= 0.6 is 11.6 Å². The highest BCUT2D eigenvalue weighted by Crippen LogP contribution is 2.68. The highest BCUT2D eigenvalue weighted by atomic mass is 35.5. The largest absolute Gasteiger partial charge is 0.294 e. The van der Waals surface area contributed by atoms with Gasteiger partial charge in [-0.3, -0.25) is 4.79 Å². The summed E-state index contributed by atoms with van der Waals surface area (Å²) in [6.45, 7) is 6.26. The van der Waals surface area contributed by atoms with Crippen molar-refractivity contribution in [1.29, 1.82) is 0 Å². The topological polar surface area (TPSA) is 17.1 Å². The highest BCUT2D eigenvalue weighted by Gasteiger charge is 2.65. The lowest BCUT2D eigenvalue weighted by Crippen LogP contribution is -2.08. The Morgan fingerprint density at radius 3 is 2.50 bits per heavy atom. The minimum Gasteiger partial charge on any atom is -0.294 e. The first-order valence-electron chi connectivity index (χ1n) is 4.35. The summed E-state index contributed by atoms with van der Waals surface area (Å²) >= 11 is 5.89. The fourth-order valence-corrected chi connectivity index (χ4v) is 2.81. The van der Waals surface area contributed by atoms with Crippen molar-refractivity contribution >= 4 is 17.4 Å². The van der Waals surface area contributed by atoms with Crippen molar-refractivity contribution in [1.82, 2.24) is 0 Å². The number of allylic oxidation sites excluding steroid dienone is 2. The van der Waals surface area contributed by atoms with Crippen LogP contribution in [0, 0.1) is 17.3 Å². The van der Waals surface area contributed by atoms with Crippen LogP contribution in [0.3, 0.4) is 0 Å². The summed E-state index contributed by atoms with van der Waals surface area (Å²) in [5.41, 5.74) is 1.24. The number of rotatable bonds is 0. The van der Waals surface area contributed by atoms with Crippen LogP contribution in [0.1, 0.15) is 27.2 Å². The maximum Gasteiger partial charge on any atom is 0.160 e. The number of ketones is 1. The molecule has 0 radical (unpaired) electrons. The lowest BCUT2D eigenvalue weighted by molar-refractivity contribution is -0.115. The first-order valence-corrected chi connectivity index (χ1v) is 4.73. The van der Waals surface area contributed by atoms with E-state index in [4.69, 9.17) is 11.6 Å². The second-order valence-electron chi connectivity index (χ2n) is 4.48. The van der Waals surface area contributed by atoms with Gasteiger partial charge in [-0.15, -0.1) is 0 Å². The SMILES string of the molecule is CC(Cl)=C1C(=O)CC2C1C2(C)C. The third kappa shape index (κ3) is 0.832. The normalized spacial score (nSPS) is 41.2. The lowest BCUT2D eigenvalue weighted by Gasteiger charge is -2.09. The second-order valence-corrected chi connectivity index (χ2v) is 5.05. The molecule has 2 rings (SSSR count). The molecule has 2 aliphatic rings. The molecule has 0 aromatic heterocycles. The van der Waals surface area contributed by atoms with E-state index < -0.39 is 0 Å². The molecule has 0 aromatic carbocycles. The van der Waals surface area contributed by atoms with Gasteiger partial charge in [0.15, 0.2) is 5.78 Å². The average molecular weight is 185 g/mol. The molecule has 0 heterocycles. The number of hydrogen-bond acceptors (Lipinski definition) is 1. The van der Waals surface area contributed by atoms with Gasteiger partial charge in [0.2, 0.25) is 0 Å². The van der Waals surface area contributed by atoms with Crippen LogP contribution in [-0.4, -0.2) is 5.78 Å². The smallest absolute Gasteiger partial charge is 0.160 e. The van der Waals surface area contributed by atoms with Crippen LogP contribution in [-0.2, 0) is 4.79 Å². The monoisotopic (exact) mass is 184 g/mol. The fourth-order valence-electron chi connectivity index (χ4n) is 2.59. The van der Waals surface area contributed by atoms with E-state index in [1.165, 1.54) is 0 Å². The Morgan fingerprint density at radius 2 is 2.17 bits per heavy atom. The zero-order chi connectivity index (χ0) is 9.09. The molecule has 66 valence electrons. The lowest BCUT2D eigenvalue weighted by atomic mass is 9.96. The molecule has 0 amide bonds. The molecule has 1 nitrogen and oxygen atoms in total. The van der Waals surface area contributed by atoms with Gasteiger partial charge in [0, 0.05) is 17.0 Å². The molecule has 2 atom stereocenters. The predicted molar refractivity (Wildman–Crippen MR) is 48.9 cm³/mol. The Hall–Kier alpha value is -0.300. The Kier molecular flexibility index (Phi) is 1.48. The zero-order valence-electron chi connectivity index (χ0n) is 7.65. The van der Waals surface area contributed by atoms with Gasteiger partial charge < -0.3 is 0 Å². The third-order valence-corrected chi connectivity index (χ3v) is 3.64. The summed E-state index contributed by atoms with van der Waals surface area (Å²) in [7, 11) is 0. The third-order valence-electron chi connectivity index (χ3n) is 3.44. The number of carbonyl (C=O) groups excluding carboxylic acids is 1. The van der Waals surface area contributed by atoms with Crippen LogP contribution < -0.4 is 0 Å². The maximum atomic E-state index is 11.4. The molecule has 0 spiro atoms. The summed E-state index contributed by atoms with van der Waals surface area (Å²) in [6.07, 6.45) is 0.719. The quantitative estimate of drug-likeness (QED) is 0.529. The van der Waals surface area contributed by atoms with E-state index in [0.717, 1.165) is 12.0 Å². The Morgan fingerprint density at radius 1 is 1.58 bits per heavy atom. The second kappa shape index (κ2) is 2.14. The first kappa shape index (κ1) is 8.31. The number of fused-ring (bicyclic) bond motifs is 1. The van der Waals surface area contributed by atoms with Gasteiger partial charge >= 0.3 is 0 Å². The number of halogens is 1. The van der Waals surface area contributed by atoms with Crippen LogP contribution in [0.5, 0.6) is 0 Å². The molecule has 2 aliphatic carbocycles. The number of hydrogen-bond donors (Lipinski definition) is 0. The molecule has 0 saturated heterocycles. The van der Waals surface area contributed by atoms with Gasteiger partial charge in [0.1, 0.15) is 0 Å². The van der Waals surface area contributed by atoms with Crippen LogP contribution in [0.15, 0.2) is 10.6 Å². The summed E-state index contributed by atoms with van der Waals surface area (Å²) < 4.78 is 0. The summed E-state index contributed by atoms with van der Waals surface area (Å²) in [5, 5.41) is 0.707. The zero-order valence-corrected chi connectivity index (χ0v) is 8.40. The van der Waals surface area contributed by atoms with Gasteiger partial charge in [-0.1, -0.05) is 25.4 Å². The van der Waals surface area contributed by atoms with E-state index in [-0.39, 0.29) is 5.78 Å². The van der Waals surface area contributed by atoms with Crippen molar-refractivity contribution in [3.63, 3.8) is 0 Å². The van der Waals surface area contributed by atoms with E-state index in [0.29, 0.717) is 22.3 Å². The molecule has 2 saturated carbocycles. The maximum absolute atomic E-state index is 11.4. The molecule has 2 heteroatoms. The van der Waals surface area contributed by atoms with E-state index in [1.54, 1.807) is 0 Å². The van der Waals surface area contributed by atoms with Crippen molar-refractivity contribution in [2.45, 2.75) is 27.2 Å². The number of Topliss-reactive ketones (excluding diaryl/α,β-unsaturated/α-hetero) is 1. The van der Waals surface area contributed by atoms with Crippen LogP contribution in [0.4, 0.5) is 0 Å². The fraction of sp³-hybridized carbons (Fsp3) is 0.700. The van der Waals surface area contributed by atoms with Gasteiger partial charge in [0.05, 0.1) is 0 Å². The van der Waals surface area contributed by atoms with Gasteiger partial charge in [-0.25, -0.2) is 0 Å². The first-order chi connectivity index (χ1) is 5.46. The van der Waals surface area contributed by atoms with Gasteiger partial charge in [0.25, 0.3) is 0 Å². The standard InChI is InChI=1S/C10H13ClO/c1-5(11)8-7(12)4-6-9(8)10(6,2)3/h6,9H,4H2,1-3H3. The van der Waals surface area contributed by atoms with Crippen molar-refractivity contribution in [2.24, 2.45) is 17.3 Å². The average Bonchev–Trinajstić information content (AvgIpc) is 2.40. The molecule has 0 N–H and O–H groups in total. The molecule has 0 aromatic rings. The van der Waals surface area contributed by atoms with Gasteiger partial charge in [-0.05, 0) is 24.2 Å².